The van der Waals surface area contributed by atoms with Crippen LogP contribution in [0.3, 0.4) is 0 Å². The fraction of sp³-hybridized carbons (Fsp3) is 0.176. The van der Waals surface area contributed by atoms with Crippen LogP contribution in [0.4, 0.5) is 4.39 Å². The van der Waals surface area contributed by atoms with Gasteiger partial charge in [-0.15, -0.1) is 0 Å². The van der Waals surface area contributed by atoms with Crippen LogP contribution in [0, 0.1) is 5.82 Å². The van der Waals surface area contributed by atoms with E-state index in [4.69, 9.17) is 9.84 Å². The molecule has 0 bridgehead atoms. The fourth-order valence-corrected chi connectivity index (χ4v) is 3.24. The molecule has 0 aliphatic carbocycles. The van der Waals surface area contributed by atoms with E-state index in [1.807, 2.05) is 10.7 Å². The Morgan fingerprint density at radius 1 is 1.24 bits per heavy atom. The molecular formula is C17H13FN6O. The summed E-state index contributed by atoms with van der Waals surface area (Å²) in [6, 6.07) is 3.36. The van der Waals surface area contributed by atoms with Gasteiger partial charge in [-0.1, -0.05) is 0 Å². The number of pyridine rings is 2. The lowest BCUT2D eigenvalue weighted by Crippen LogP contribution is -2.17. The SMILES string of the molecule is Fc1cncc(-c2nn3c(c2-c2ccnc4[nH]ncc24)COCC3)c1. The lowest BCUT2D eigenvalue weighted by Gasteiger charge is -2.15. The molecule has 1 aliphatic heterocycles. The first kappa shape index (κ1) is 14.2. The Bertz CT molecular complexity index is 1090. The van der Waals surface area contributed by atoms with E-state index in [1.165, 1.54) is 12.3 Å². The summed E-state index contributed by atoms with van der Waals surface area (Å²) in [5.74, 6) is -0.395. The lowest BCUT2D eigenvalue weighted by atomic mass is 9.98. The molecule has 1 N–H and O–H groups in total. The highest BCUT2D eigenvalue weighted by atomic mass is 19.1. The maximum absolute atomic E-state index is 13.7. The summed E-state index contributed by atoms with van der Waals surface area (Å²) in [6.07, 6.45) is 6.26. The van der Waals surface area contributed by atoms with Gasteiger partial charge in [-0.2, -0.15) is 10.2 Å². The molecule has 0 atom stereocenters. The molecule has 8 heteroatoms. The second-order valence-electron chi connectivity index (χ2n) is 5.83. The molecular weight excluding hydrogens is 323 g/mol. The van der Waals surface area contributed by atoms with Crippen molar-refractivity contribution in [1.29, 1.82) is 0 Å². The van der Waals surface area contributed by atoms with Gasteiger partial charge < -0.3 is 4.74 Å². The Hall–Kier alpha value is -3.13. The Balaban J connectivity index is 1.83. The third-order valence-corrected chi connectivity index (χ3v) is 4.35. The van der Waals surface area contributed by atoms with Gasteiger partial charge in [0.25, 0.3) is 0 Å². The molecule has 0 aromatic carbocycles. The van der Waals surface area contributed by atoms with Crippen molar-refractivity contribution >= 4 is 11.0 Å². The predicted molar refractivity (Wildman–Crippen MR) is 88.0 cm³/mol. The van der Waals surface area contributed by atoms with Crippen molar-refractivity contribution in [3.63, 3.8) is 0 Å². The molecule has 4 aromatic heterocycles. The van der Waals surface area contributed by atoms with E-state index in [9.17, 15) is 4.39 Å². The van der Waals surface area contributed by atoms with Gasteiger partial charge in [0.15, 0.2) is 5.65 Å². The summed E-state index contributed by atoms with van der Waals surface area (Å²) in [4.78, 5) is 8.26. The average Bonchev–Trinajstić information content (AvgIpc) is 3.26. The molecule has 1 aliphatic rings. The zero-order valence-electron chi connectivity index (χ0n) is 13.1. The number of aromatic nitrogens is 6. The van der Waals surface area contributed by atoms with Crippen molar-refractivity contribution in [2.75, 3.05) is 6.61 Å². The number of nitrogens with one attached hydrogen (secondary N) is 1. The largest absolute Gasteiger partial charge is 0.373 e. The molecule has 7 nitrogen and oxygen atoms in total. The number of ether oxygens (including phenoxy) is 1. The van der Waals surface area contributed by atoms with E-state index in [0.29, 0.717) is 36.7 Å². The van der Waals surface area contributed by atoms with E-state index in [1.54, 1.807) is 18.6 Å². The van der Waals surface area contributed by atoms with Crippen LogP contribution in [-0.4, -0.2) is 36.6 Å². The molecule has 124 valence electrons. The third kappa shape index (κ3) is 2.22. The minimum atomic E-state index is -0.395. The van der Waals surface area contributed by atoms with Crippen LogP contribution in [-0.2, 0) is 17.9 Å². The maximum Gasteiger partial charge on any atom is 0.155 e. The summed E-state index contributed by atoms with van der Waals surface area (Å²) in [7, 11) is 0. The van der Waals surface area contributed by atoms with Gasteiger partial charge in [0, 0.05) is 28.9 Å². The first-order valence-corrected chi connectivity index (χ1v) is 7.88. The minimum absolute atomic E-state index is 0.395. The first-order valence-electron chi connectivity index (χ1n) is 7.88. The molecule has 0 amide bonds. The monoisotopic (exact) mass is 336 g/mol. The van der Waals surface area contributed by atoms with E-state index < -0.39 is 5.82 Å². The van der Waals surface area contributed by atoms with Crippen LogP contribution < -0.4 is 0 Å². The molecule has 0 radical (unpaired) electrons. The Labute approximate surface area is 141 Å². The quantitative estimate of drug-likeness (QED) is 0.608. The molecule has 0 saturated carbocycles. The van der Waals surface area contributed by atoms with Gasteiger partial charge in [-0.25, -0.2) is 9.37 Å². The van der Waals surface area contributed by atoms with Gasteiger partial charge in [-0.05, 0) is 17.7 Å². The van der Waals surface area contributed by atoms with Crippen LogP contribution >= 0.6 is 0 Å². The number of nitrogens with zero attached hydrogens (tertiary/aromatic N) is 5. The van der Waals surface area contributed by atoms with E-state index in [-0.39, 0.29) is 0 Å². The summed E-state index contributed by atoms with van der Waals surface area (Å²) in [6.45, 7) is 1.71. The predicted octanol–water partition coefficient (Wildman–Crippen LogP) is 2.55. The third-order valence-electron chi connectivity index (χ3n) is 4.35. The van der Waals surface area contributed by atoms with Gasteiger partial charge in [-0.3, -0.25) is 14.8 Å². The molecule has 0 saturated heterocycles. The normalized spacial score (nSPS) is 14.0. The first-order chi connectivity index (χ1) is 12.3. The van der Waals surface area contributed by atoms with Crippen molar-refractivity contribution in [1.82, 2.24) is 29.9 Å². The minimum Gasteiger partial charge on any atom is -0.373 e. The smallest absolute Gasteiger partial charge is 0.155 e. The van der Waals surface area contributed by atoms with Crippen molar-refractivity contribution in [2.45, 2.75) is 13.2 Å². The zero-order valence-corrected chi connectivity index (χ0v) is 13.1. The Morgan fingerprint density at radius 3 is 3.12 bits per heavy atom. The number of hydrogen-bond donors (Lipinski definition) is 1. The van der Waals surface area contributed by atoms with Crippen molar-refractivity contribution in [3.05, 3.63) is 48.4 Å². The second-order valence-corrected chi connectivity index (χ2v) is 5.83. The number of aromatic amines is 1. The molecule has 0 spiro atoms. The molecule has 5 heterocycles. The van der Waals surface area contributed by atoms with Crippen molar-refractivity contribution in [3.8, 4) is 22.4 Å². The maximum atomic E-state index is 13.7. The Kier molecular flexibility index (Phi) is 3.10. The van der Waals surface area contributed by atoms with Gasteiger partial charge in [0.1, 0.15) is 11.5 Å². The van der Waals surface area contributed by atoms with Crippen LogP contribution in [0.1, 0.15) is 5.69 Å². The number of halogens is 1. The fourth-order valence-electron chi connectivity index (χ4n) is 3.24. The number of H-pyrrole nitrogens is 1. The average molecular weight is 336 g/mol. The number of hydrogen-bond acceptors (Lipinski definition) is 5. The number of fused-ring (bicyclic) bond motifs is 2. The van der Waals surface area contributed by atoms with E-state index >= 15 is 0 Å². The zero-order chi connectivity index (χ0) is 16.8. The number of rotatable bonds is 2. The summed E-state index contributed by atoms with van der Waals surface area (Å²) in [5.41, 5.74) is 4.80. The van der Waals surface area contributed by atoms with Gasteiger partial charge >= 0.3 is 0 Å². The second kappa shape index (κ2) is 5.45. The molecule has 5 rings (SSSR count). The van der Waals surface area contributed by atoms with Crippen LogP contribution in [0.15, 0.2) is 36.9 Å². The molecule has 25 heavy (non-hydrogen) atoms. The lowest BCUT2D eigenvalue weighted by molar-refractivity contribution is 0.0805. The van der Waals surface area contributed by atoms with Crippen LogP contribution in [0.5, 0.6) is 0 Å². The van der Waals surface area contributed by atoms with Crippen LogP contribution in [0.2, 0.25) is 0 Å². The highest BCUT2D eigenvalue weighted by molar-refractivity contribution is 5.97. The summed E-state index contributed by atoms with van der Waals surface area (Å²) < 4.78 is 21.3. The summed E-state index contributed by atoms with van der Waals surface area (Å²) in [5, 5.41) is 12.6. The van der Waals surface area contributed by atoms with E-state index in [0.717, 1.165) is 22.2 Å². The highest BCUT2D eigenvalue weighted by Crippen LogP contribution is 2.38. The Morgan fingerprint density at radius 2 is 2.20 bits per heavy atom. The van der Waals surface area contributed by atoms with Gasteiger partial charge in [0.2, 0.25) is 0 Å². The standard InChI is InChI=1S/C17H13FN6O/c18-11-5-10(6-19-7-11)16-15(14-9-25-4-3-24(14)23-16)12-1-2-20-17-13(12)8-21-22-17/h1-2,5-8H,3-4,9H2,(H,20,21,22). The topological polar surface area (TPSA) is 81.5 Å². The van der Waals surface area contributed by atoms with Gasteiger partial charge in [0.05, 0.1) is 37.8 Å². The van der Waals surface area contributed by atoms with Crippen molar-refractivity contribution in [2.24, 2.45) is 0 Å². The van der Waals surface area contributed by atoms with E-state index in [2.05, 4.69) is 20.2 Å². The molecule has 0 unspecified atom stereocenters. The summed E-state index contributed by atoms with van der Waals surface area (Å²) >= 11 is 0. The van der Waals surface area contributed by atoms with Crippen LogP contribution in [0.25, 0.3) is 33.4 Å². The van der Waals surface area contributed by atoms with Crippen molar-refractivity contribution < 1.29 is 9.13 Å². The molecule has 4 aromatic rings. The molecule has 0 fully saturated rings. The highest BCUT2D eigenvalue weighted by Gasteiger charge is 2.25.